The smallest absolute Gasteiger partial charge is 0.347 e. The van der Waals surface area contributed by atoms with Crippen LogP contribution in [0.1, 0.15) is 9.67 Å². The predicted molar refractivity (Wildman–Crippen MR) is 66.5 cm³/mol. The van der Waals surface area contributed by atoms with Crippen LogP contribution in [-0.2, 0) is 0 Å². The molecule has 0 bridgehead atoms. The summed E-state index contributed by atoms with van der Waals surface area (Å²) in [6.45, 7) is 0. The highest BCUT2D eigenvalue weighted by Gasteiger charge is 2.08. The van der Waals surface area contributed by atoms with Crippen molar-refractivity contribution in [3.8, 4) is 0 Å². The van der Waals surface area contributed by atoms with Crippen molar-refractivity contribution < 1.29 is 9.90 Å². The van der Waals surface area contributed by atoms with Gasteiger partial charge in [0.05, 0.1) is 6.20 Å². The number of aromatic carboxylic acids is 1. The molecule has 0 amide bonds. The molecule has 0 unspecified atom stereocenters. The summed E-state index contributed by atoms with van der Waals surface area (Å²) in [4.78, 5) is 14.8. The van der Waals surface area contributed by atoms with E-state index in [1.54, 1.807) is 0 Å². The molecule has 0 fully saturated rings. The van der Waals surface area contributed by atoms with Crippen LogP contribution in [0.4, 0.5) is 10.8 Å². The van der Waals surface area contributed by atoms with Crippen LogP contribution in [0.15, 0.2) is 34.9 Å². The van der Waals surface area contributed by atoms with Crippen molar-refractivity contribution in [2.45, 2.75) is 0 Å². The van der Waals surface area contributed by atoms with Gasteiger partial charge in [0.1, 0.15) is 4.88 Å². The van der Waals surface area contributed by atoms with Crippen molar-refractivity contribution in [2.75, 3.05) is 5.32 Å². The van der Waals surface area contributed by atoms with E-state index in [0.29, 0.717) is 5.13 Å². The Labute approximate surface area is 104 Å². The average Bonchev–Trinajstić information content (AvgIpc) is 2.70. The van der Waals surface area contributed by atoms with Gasteiger partial charge in [-0.15, -0.1) is 0 Å². The summed E-state index contributed by atoms with van der Waals surface area (Å²) in [6, 6.07) is 7.56. The lowest BCUT2D eigenvalue weighted by molar-refractivity contribution is 0.0702. The molecule has 0 aliphatic carbocycles. The minimum Gasteiger partial charge on any atom is -0.477 e. The number of nitrogens with zero attached hydrogens (tertiary/aromatic N) is 1. The zero-order chi connectivity index (χ0) is 11.5. The molecular formula is C10H7BrN2O2S. The number of carboxylic acids is 1. The van der Waals surface area contributed by atoms with Crippen molar-refractivity contribution in [1.29, 1.82) is 0 Å². The molecule has 1 aromatic heterocycles. The molecule has 82 valence electrons. The van der Waals surface area contributed by atoms with Gasteiger partial charge in [-0.25, -0.2) is 9.78 Å². The van der Waals surface area contributed by atoms with E-state index < -0.39 is 5.97 Å². The van der Waals surface area contributed by atoms with Crippen molar-refractivity contribution in [1.82, 2.24) is 4.98 Å². The third-order valence-electron chi connectivity index (χ3n) is 1.81. The van der Waals surface area contributed by atoms with Crippen LogP contribution in [-0.4, -0.2) is 16.1 Å². The maximum atomic E-state index is 10.6. The maximum Gasteiger partial charge on any atom is 0.347 e. The summed E-state index contributed by atoms with van der Waals surface area (Å²) >= 11 is 4.44. The average molecular weight is 299 g/mol. The van der Waals surface area contributed by atoms with E-state index >= 15 is 0 Å². The number of hydrogen-bond acceptors (Lipinski definition) is 4. The summed E-state index contributed by atoms with van der Waals surface area (Å²) in [5, 5.41) is 12.3. The topological polar surface area (TPSA) is 62.2 Å². The highest BCUT2D eigenvalue weighted by molar-refractivity contribution is 9.10. The Morgan fingerprint density at radius 2 is 2.06 bits per heavy atom. The summed E-state index contributed by atoms with van der Waals surface area (Å²) in [6.07, 6.45) is 1.34. The number of halogens is 1. The summed E-state index contributed by atoms with van der Waals surface area (Å²) in [5.74, 6) is -0.957. The number of anilines is 2. The number of nitrogens with one attached hydrogen (secondary N) is 1. The first-order valence-electron chi connectivity index (χ1n) is 4.37. The minimum absolute atomic E-state index is 0.222. The Kier molecular flexibility index (Phi) is 3.21. The highest BCUT2D eigenvalue weighted by Crippen LogP contribution is 2.23. The van der Waals surface area contributed by atoms with Crippen LogP contribution < -0.4 is 5.32 Å². The normalized spacial score (nSPS) is 10.1. The second-order valence-electron chi connectivity index (χ2n) is 2.97. The van der Waals surface area contributed by atoms with Crippen molar-refractivity contribution in [3.63, 3.8) is 0 Å². The molecule has 16 heavy (non-hydrogen) atoms. The first-order chi connectivity index (χ1) is 7.65. The van der Waals surface area contributed by atoms with Gasteiger partial charge in [-0.2, -0.15) is 0 Å². The van der Waals surface area contributed by atoms with E-state index in [4.69, 9.17) is 5.11 Å². The van der Waals surface area contributed by atoms with Gasteiger partial charge in [0, 0.05) is 10.2 Å². The van der Waals surface area contributed by atoms with Gasteiger partial charge in [-0.1, -0.05) is 27.3 Å². The van der Waals surface area contributed by atoms with Crippen LogP contribution in [0, 0.1) is 0 Å². The largest absolute Gasteiger partial charge is 0.477 e. The van der Waals surface area contributed by atoms with Crippen LogP contribution in [0.2, 0.25) is 0 Å². The Morgan fingerprint density at radius 1 is 1.38 bits per heavy atom. The molecule has 0 saturated heterocycles. The fourth-order valence-electron chi connectivity index (χ4n) is 1.09. The number of rotatable bonds is 3. The summed E-state index contributed by atoms with van der Waals surface area (Å²) in [5.41, 5.74) is 0.870. The third-order valence-corrected chi connectivity index (χ3v) is 3.24. The lowest BCUT2D eigenvalue weighted by atomic mass is 10.3. The number of carboxylic acid groups (broad SMARTS) is 1. The van der Waals surface area contributed by atoms with Gasteiger partial charge in [0.15, 0.2) is 5.13 Å². The predicted octanol–water partition coefficient (Wildman–Crippen LogP) is 3.35. The number of aromatic nitrogens is 1. The Hall–Kier alpha value is -1.40. The standard InChI is InChI=1S/C10H7BrN2O2S/c11-6-1-3-7(4-2-6)13-10-12-5-8(16-10)9(14)15/h1-5H,(H,12,13)(H,14,15). The molecule has 2 aromatic rings. The van der Waals surface area contributed by atoms with Crippen LogP contribution in [0.5, 0.6) is 0 Å². The molecule has 0 radical (unpaired) electrons. The Morgan fingerprint density at radius 3 is 2.62 bits per heavy atom. The number of hydrogen-bond donors (Lipinski definition) is 2. The van der Waals surface area contributed by atoms with Crippen LogP contribution in [0.3, 0.4) is 0 Å². The van der Waals surface area contributed by atoms with Crippen molar-refractivity contribution >= 4 is 44.1 Å². The molecule has 1 aromatic carbocycles. The minimum atomic E-state index is -0.957. The zero-order valence-electron chi connectivity index (χ0n) is 7.98. The van der Waals surface area contributed by atoms with Crippen molar-refractivity contribution in [3.05, 3.63) is 39.8 Å². The molecule has 2 rings (SSSR count). The second-order valence-corrected chi connectivity index (χ2v) is 4.91. The summed E-state index contributed by atoms with van der Waals surface area (Å²) < 4.78 is 0.989. The van der Waals surface area contributed by atoms with E-state index in [0.717, 1.165) is 21.5 Å². The lowest BCUT2D eigenvalue weighted by Gasteiger charge is -2.01. The van der Waals surface area contributed by atoms with Gasteiger partial charge >= 0.3 is 5.97 Å². The lowest BCUT2D eigenvalue weighted by Crippen LogP contribution is -1.90. The molecule has 0 aliphatic heterocycles. The SMILES string of the molecule is O=C(O)c1cnc(Nc2ccc(Br)cc2)s1. The van der Waals surface area contributed by atoms with Crippen molar-refractivity contribution in [2.24, 2.45) is 0 Å². The fraction of sp³-hybridized carbons (Fsp3) is 0. The molecule has 4 nitrogen and oxygen atoms in total. The molecule has 0 atom stereocenters. The van der Waals surface area contributed by atoms with E-state index in [2.05, 4.69) is 26.2 Å². The second kappa shape index (κ2) is 4.63. The van der Waals surface area contributed by atoms with E-state index in [1.165, 1.54) is 6.20 Å². The number of thiazole rings is 1. The third kappa shape index (κ3) is 2.59. The van der Waals surface area contributed by atoms with Gasteiger partial charge in [0.2, 0.25) is 0 Å². The van der Waals surface area contributed by atoms with Crippen LogP contribution >= 0.6 is 27.3 Å². The maximum absolute atomic E-state index is 10.6. The van der Waals surface area contributed by atoms with E-state index in [-0.39, 0.29) is 4.88 Å². The van der Waals surface area contributed by atoms with Gasteiger partial charge in [0.25, 0.3) is 0 Å². The van der Waals surface area contributed by atoms with Gasteiger partial charge in [-0.3, -0.25) is 0 Å². The quantitative estimate of drug-likeness (QED) is 0.912. The van der Waals surface area contributed by atoms with Gasteiger partial charge in [-0.05, 0) is 24.3 Å². The molecule has 0 saturated carbocycles. The highest BCUT2D eigenvalue weighted by atomic mass is 79.9. The van der Waals surface area contributed by atoms with Gasteiger partial charge < -0.3 is 10.4 Å². The molecule has 0 spiro atoms. The molecule has 6 heteroatoms. The zero-order valence-corrected chi connectivity index (χ0v) is 10.4. The number of carbonyl (C=O) groups is 1. The van der Waals surface area contributed by atoms with Crippen LogP contribution in [0.25, 0.3) is 0 Å². The summed E-state index contributed by atoms with van der Waals surface area (Å²) in [7, 11) is 0. The number of benzene rings is 1. The molecule has 0 aliphatic rings. The Bertz CT molecular complexity index is 510. The first kappa shape index (κ1) is 11.1. The van der Waals surface area contributed by atoms with E-state index in [9.17, 15) is 4.79 Å². The monoisotopic (exact) mass is 298 g/mol. The molecule has 1 heterocycles. The first-order valence-corrected chi connectivity index (χ1v) is 5.98. The Balaban J connectivity index is 2.14. The molecule has 2 N–H and O–H groups in total. The molecular weight excluding hydrogens is 292 g/mol. The fourth-order valence-corrected chi connectivity index (χ4v) is 2.03. The van der Waals surface area contributed by atoms with E-state index in [1.807, 2.05) is 24.3 Å².